The summed E-state index contributed by atoms with van der Waals surface area (Å²) in [6.45, 7) is 2.09. The molecule has 0 aliphatic rings. The van der Waals surface area contributed by atoms with Gasteiger partial charge >= 0.3 is 5.97 Å². The Morgan fingerprint density at radius 1 is 1.67 bits per heavy atom. The van der Waals surface area contributed by atoms with E-state index >= 15 is 0 Å². The van der Waals surface area contributed by atoms with Crippen LogP contribution in [0.3, 0.4) is 0 Å². The molecule has 0 radical (unpaired) electrons. The molecule has 2 aromatic heterocycles. The first-order chi connectivity index (χ1) is 7.22. The van der Waals surface area contributed by atoms with Crippen LogP contribution in [0, 0.1) is 0 Å². The maximum Gasteiger partial charge on any atom is 0.358 e. The third-order valence-corrected chi connectivity index (χ3v) is 2.40. The second-order valence-electron chi connectivity index (χ2n) is 2.79. The fraction of sp³-hybridized carbons (Fsp3) is 0.222. The molecule has 0 spiro atoms. The molecule has 0 N–H and O–H groups in total. The van der Waals surface area contributed by atoms with Gasteiger partial charge in [0.05, 0.1) is 6.61 Å². The summed E-state index contributed by atoms with van der Waals surface area (Å²) in [6.07, 6.45) is 1.63. The summed E-state index contributed by atoms with van der Waals surface area (Å²) in [5.74, 6) is -0.435. The number of fused-ring (bicyclic) bond motifs is 1. The largest absolute Gasteiger partial charge is 0.461 e. The summed E-state index contributed by atoms with van der Waals surface area (Å²) in [7, 11) is 0. The van der Waals surface area contributed by atoms with Crippen molar-refractivity contribution in [2.45, 2.75) is 6.92 Å². The highest BCUT2D eigenvalue weighted by Gasteiger charge is 2.12. The second-order valence-corrected chi connectivity index (χ2v) is 3.60. The molecule has 0 aliphatic carbocycles. The SMILES string of the molecule is CCOC(=O)c1cc2nccc(Br)n2n1. The van der Waals surface area contributed by atoms with Crippen molar-refractivity contribution < 1.29 is 9.53 Å². The Bertz CT molecular complexity index is 509. The van der Waals surface area contributed by atoms with E-state index in [4.69, 9.17) is 4.74 Å². The number of aromatic nitrogens is 3. The minimum atomic E-state index is -0.435. The maximum atomic E-state index is 11.4. The third-order valence-electron chi connectivity index (χ3n) is 1.80. The smallest absolute Gasteiger partial charge is 0.358 e. The summed E-state index contributed by atoms with van der Waals surface area (Å²) in [4.78, 5) is 15.5. The van der Waals surface area contributed by atoms with Gasteiger partial charge in [0.2, 0.25) is 0 Å². The number of nitrogens with zero attached hydrogens (tertiary/aromatic N) is 3. The Morgan fingerprint density at radius 2 is 2.47 bits per heavy atom. The average Bonchev–Trinajstić information content (AvgIpc) is 2.63. The summed E-state index contributed by atoms with van der Waals surface area (Å²) >= 11 is 3.31. The zero-order valence-electron chi connectivity index (χ0n) is 7.98. The number of carbonyl (C=O) groups excluding carboxylic acids is 1. The maximum absolute atomic E-state index is 11.4. The van der Waals surface area contributed by atoms with Crippen LogP contribution in [0.1, 0.15) is 17.4 Å². The summed E-state index contributed by atoms with van der Waals surface area (Å²) in [5.41, 5.74) is 0.865. The van der Waals surface area contributed by atoms with Crippen LogP contribution in [-0.2, 0) is 4.74 Å². The fourth-order valence-electron chi connectivity index (χ4n) is 1.17. The monoisotopic (exact) mass is 269 g/mol. The molecular formula is C9H8BrN3O2. The molecule has 0 saturated carbocycles. The predicted molar refractivity (Wildman–Crippen MR) is 56.6 cm³/mol. The highest BCUT2D eigenvalue weighted by atomic mass is 79.9. The molecule has 2 rings (SSSR count). The van der Waals surface area contributed by atoms with Gasteiger partial charge in [-0.25, -0.2) is 14.3 Å². The van der Waals surface area contributed by atoms with E-state index in [1.54, 1.807) is 25.3 Å². The van der Waals surface area contributed by atoms with Crippen LogP contribution in [-0.4, -0.2) is 27.2 Å². The highest BCUT2D eigenvalue weighted by molar-refractivity contribution is 9.10. The van der Waals surface area contributed by atoms with E-state index in [0.717, 1.165) is 4.60 Å². The van der Waals surface area contributed by atoms with Crippen molar-refractivity contribution in [3.05, 3.63) is 28.6 Å². The first-order valence-corrected chi connectivity index (χ1v) is 5.19. The molecule has 5 nitrogen and oxygen atoms in total. The van der Waals surface area contributed by atoms with Crippen LogP contribution in [0.25, 0.3) is 5.65 Å². The molecule has 0 bridgehead atoms. The van der Waals surface area contributed by atoms with Crippen molar-refractivity contribution in [3.8, 4) is 0 Å². The van der Waals surface area contributed by atoms with Gasteiger partial charge in [-0.15, -0.1) is 0 Å². The van der Waals surface area contributed by atoms with Crippen molar-refractivity contribution in [2.75, 3.05) is 6.61 Å². The predicted octanol–water partition coefficient (Wildman–Crippen LogP) is 1.67. The Kier molecular flexibility index (Phi) is 2.68. The lowest BCUT2D eigenvalue weighted by Crippen LogP contribution is -2.05. The van der Waals surface area contributed by atoms with Gasteiger partial charge in [-0.05, 0) is 28.9 Å². The Labute approximate surface area is 94.2 Å². The van der Waals surface area contributed by atoms with Crippen LogP contribution in [0.5, 0.6) is 0 Å². The Morgan fingerprint density at radius 3 is 3.13 bits per heavy atom. The molecule has 0 aromatic carbocycles. The lowest BCUT2D eigenvalue weighted by atomic mass is 10.4. The van der Waals surface area contributed by atoms with E-state index in [1.165, 1.54) is 4.52 Å². The number of halogens is 1. The van der Waals surface area contributed by atoms with E-state index in [1.807, 2.05) is 0 Å². The number of esters is 1. The molecule has 2 heterocycles. The summed E-state index contributed by atoms with van der Waals surface area (Å²) in [6, 6.07) is 3.33. The van der Waals surface area contributed by atoms with Gasteiger partial charge in [-0.3, -0.25) is 0 Å². The van der Waals surface area contributed by atoms with Crippen LogP contribution < -0.4 is 0 Å². The number of ether oxygens (including phenoxy) is 1. The minimum Gasteiger partial charge on any atom is -0.461 e. The molecule has 0 aliphatic heterocycles. The molecule has 15 heavy (non-hydrogen) atoms. The number of carbonyl (C=O) groups is 1. The molecule has 0 amide bonds. The molecular weight excluding hydrogens is 262 g/mol. The fourth-order valence-corrected chi connectivity index (χ4v) is 1.55. The van der Waals surface area contributed by atoms with Crippen molar-refractivity contribution in [2.24, 2.45) is 0 Å². The standard InChI is InChI=1S/C9H8BrN3O2/c1-2-15-9(14)6-5-8-11-4-3-7(10)13(8)12-6/h3-5H,2H2,1H3. The lowest BCUT2D eigenvalue weighted by Gasteiger charge is -1.95. The third kappa shape index (κ3) is 1.85. The topological polar surface area (TPSA) is 56.5 Å². The zero-order chi connectivity index (χ0) is 10.8. The van der Waals surface area contributed by atoms with E-state index < -0.39 is 5.97 Å². The van der Waals surface area contributed by atoms with Crippen molar-refractivity contribution in [1.29, 1.82) is 0 Å². The van der Waals surface area contributed by atoms with Gasteiger partial charge < -0.3 is 4.74 Å². The average molecular weight is 270 g/mol. The second kappa shape index (κ2) is 3.98. The van der Waals surface area contributed by atoms with Gasteiger partial charge in [-0.1, -0.05) is 0 Å². The molecule has 0 atom stereocenters. The Balaban J connectivity index is 2.47. The molecule has 2 aromatic rings. The Hall–Kier alpha value is -1.43. The van der Waals surface area contributed by atoms with Crippen LogP contribution >= 0.6 is 15.9 Å². The number of hydrogen-bond donors (Lipinski definition) is 0. The van der Waals surface area contributed by atoms with Crippen LogP contribution in [0.15, 0.2) is 22.9 Å². The van der Waals surface area contributed by atoms with E-state index in [2.05, 4.69) is 26.0 Å². The van der Waals surface area contributed by atoms with Gasteiger partial charge in [0.15, 0.2) is 11.3 Å². The summed E-state index contributed by atoms with van der Waals surface area (Å²) < 4.78 is 7.11. The van der Waals surface area contributed by atoms with Gasteiger partial charge in [0, 0.05) is 12.3 Å². The highest BCUT2D eigenvalue weighted by Crippen LogP contribution is 2.12. The molecule has 6 heteroatoms. The van der Waals surface area contributed by atoms with Gasteiger partial charge in [0.25, 0.3) is 0 Å². The first kappa shape index (κ1) is 10.1. The normalized spacial score (nSPS) is 10.5. The minimum absolute atomic E-state index is 0.260. The molecule has 0 unspecified atom stereocenters. The van der Waals surface area contributed by atoms with Crippen molar-refractivity contribution in [3.63, 3.8) is 0 Å². The molecule has 78 valence electrons. The molecule has 0 saturated heterocycles. The van der Waals surface area contributed by atoms with E-state index in [9.17, 15) is 4.79 Å². The first-order valence-electron chi connectivity index (χ1n) is 4.39. The lowest BCUT2D eigenvalue weighted by molar-refractivity contribution is 0.0519. The summed E-state index contributed by atoms with van der Waals surface area (Å²) in [5, 5.41) is 4.06. The van der Waals surface area contributed by atoms with Crippen LogP contribution in [0.2, 0.25) is 0 Å². The van der Waals surface area contributed by atoms with Crippen LogP contribution in [0.4, 0.5) is 0 Å². The van der Waals surface area contributed by atoms with Crippen molar-refractivity contribution >= 4 is 27.5 Å². The van der Waals surface area contributed by atoms with Gasteiger partial charge in [0.1, 0.15) is 4.60 Å². The zero-order valence-corrected chi connectivity index (χ0v) is 9.56. The molecule has 0 fully saturated rings. The van der Waals surface area contributed by atoms with E-state index in [0.29, 0.717) is 12.3 Å². The van der Waals surface area contributed by atoms with E-state index in [-0.39, 0.29) is 5.69 Å². The van der Waals surface area contributed by atoms with Crippen molar-refractivity contribution in [1.82, 2.24) is 14.6 Å². The number of rotatable bonds is 2. The number of hydrogen-bond acceptors (Lipinski definition) is 4. The quantitative estimate of drug-likeness (QED) is 0.615. The van der Waals surface area contributed by atoms with Gasteiger partial charge in [-0.2, -0.15) is 5.10 Å².